The van der Waals surface area contributed by atoms with Crippen LogP contribution in [-0.4, -0.2) is 10.8 Å². The number of nitriles is 1. The Hall–Kier alpha value is -2.41. The molecule has 0 aliphatic heterocycles. The molecule has 0 aliphatic carbocycles. The van der Waals surface area contributed by atoms with Gasteiger partial charge in [-0.15, -0.1) is 0 Å². The molecule has 2 rings (SSSR count). The van der Waals surface area contributed by atoms with E-state index in [1.165, 1.54) is 0 Å². The summed E-state index contributed by atoms with van der Waals surface area (Å²) in [7, 11) is 0. The van der Waals surface area contributed by atoms with Crippen molar-refractivity contribution in [3.8, 4) is 6.07 Å². The minimum absolute atomic E-state index is 0.432. The SMILES string of the molecule is CC(N)=NCc1ccc2nc(C#N)ccc2c1. The number of fused-ring (bicyclic) bond motifs is 1. The number of rotatable bonds is 2. The molecule has 1 aromatic heterocycles. The molecule has 84 valence electrons. The van der Waals surface area contributed by atoms with Gasteiger partial charge in [-0.3, -0.25) is 4.99 Å². The van der Waals surface area contributed by atoms with E-state index >= 15 is 0 Å². The summed E-state index contributed by atoms with van der Waals surface area (Å²) < 4.78 is 0. The predicted molar refractivity (Wildman–Crippen MR) is 67.5 cm³/mol. The van der Waals surface area contributed by atoms with Gasteiger partial charge in [-0.05, 0) is 36.8 Å². The maximum absolute atomic E-state index is 8.75. The molecule has 0 radical (unpaired) electrons. The van der Waals surface area contributed by atoms with Gasteiger partial charge < -0.3 is 5.73 Å². The van der Waals surface area contributed by atoms with Crippen LogP contribution in [0.5, 0.6) is 0 Å². The molecule has 0 saturated heterocycles. The topological polar surface area (TPSA) is 75.1 Å². The van der Waals surface area contributed by atoms with Crippen molar-refractivity contribution in [3.05, 3.63) is 41.6 Å². The third-order valence-corrected chi connectivity index (χ3v) is 2.38. The zero-order valence-corrected chi connectivity index (χ0v) is 9.51. The molecule has 1 heterocycles. The molecule has 0 atom stereocenters. The summed E-state index contributed by atoms with van der Waals surface area (Å²) in [6.45, 7) is 2.33. The lowest BCUT2D eigenvalue weighted by Gasteiger charge is -2.01. The Kier molecular flexibility index (Phi) is 3.01. The largest absolute Gasteiger partial charge is 0.388 e. The van der Waals surface area contributed by atoms with E-state index < -0.39 is 0 Å². The quantitative estimate of drug-likeness (QED) is 0.626. The standard InChI is InChI=1S/C13H12N4/c1-9(15)16-8-10-2-5-13-11(6-10)3-4-12(7-14)17-13/h2-6H,8H2,1H3,(H2,15,16). The normalized spacial score (nSPS) is 11.4. The molecule has 0 saturated carbocycles. The van der Waals surface area contributed by atoms with Gasteiger partial charge in [-0.1, -0.05) is 6.07 Å². The summed E-state index contributed by atoms with van der Waals surface area (Å²) >= 11 is 0. The van der Waals surface area contributed by atoms with E-state index in [1.54, 1.807) is 13.0 Å². The van der Waals surface area contributed by atoms with Gasteiger partial charge in [-0.25, -0.2) is 4.98 Å². The molecular formula is C13H12N4. The first-order valence-corrected chi connectivity index (χ1v) is 5.25. The van der Waals surface area contributed by atoms with Crippen LogP contribution >= 0.6 is 0 Å². The number of hydrogen-bond donors (Lipinski definition) is 1. The second-order valence-corrected chi connectivity index (χ2v) is 3.79. The third kappa shape index (κ3) is 2.58. The fourth-order valence-corrected chi connectivity index (χ4v) is 1.55. The van der Waals surface area contributed by atoms with Crippen LogP contribution in [0.1, 0.15) is 18.2 Å². The van der Waals surface area contributed by atoms with Crippen LogP contribution < -0.4 is 5.73 Å². The highest BCUT2D eigenvalue weighted by molar-refractivity contribution is 5.80. The van der Waals surface area contributed by atoms with Crippen molar-refractivity contribution >= 4 is 16.7 Å². The molecule has 0 spiro atoms. The van der Waals surface area contributed by atoms with Crippen molar-refractivity contribution in [2.45, 2.75) is 13.5 Å². The van der Waals surface area contributed by atoms with E-state index in [9.17, 15) is 0 Å². The van der Waals surface area contributed by atoms with E-state index in [1.807, 2.05) is 30.3 Å². The van der Waals surface area contributed by atoms with Crippen molar-refractivity contribution in [1.82, 2.24) is 4.98 Å². The van der Waals surface area contributed by atoms with E-state index in [0.717, 1.165) is 16.5 Å². The summed E-state index contributed by atoms with van der Waals surface area (Å²) in [5.74, 6) is 0.572. The van der Waals surface area contributed by atoms with Crippen LogP contribution in [0.3, 0.4) is 0 Å². The minimum Gasteiger partial charge on any atom is -0.388 e. The number of aromatic nitrogens is 1. The Labute approximate surface area is 99.4 Å². The van der Waals surface area contributed by atoms with E-state index in [0.29, 0.717) is 18.1 Å². The second kappa shape index (κ2) is 4.62. The summed E-state index contributed by atoms with van der Waals surface area (Å²) in [4.78, 5) is 8.37. The Balaban J connectivity index is 2.39. The van der Waals surface area contributed by atoms with E-state index in [2.05, 4.69) is 9.98 Å². The molecular weight excluding hydrogens is 212 g/mol. The first kappa shape index (κ1) is 11.1. The number of nitrogens with zero attached hydrogens (tertiary/aromatic N) is 3. The Morgan fingerprint density at radius 1 is 1.41 bits per heavy atom. The lowest BCUT2D eigenvalue weighted by atomic mass is 10.1. The monoisotopic (exact) mass is 224 g/mol. The smallest absolute Gasteiger partial charge is 0.141 e. The van der Waals surface area contributed by atoms with Crippen molar-refractivity contribution in [1.29, 1.82) is 5.26 Å². The van der Waals surface area contributed by atoms with Gasteiger partial charge in [0, 0.05) is 5.39 Å². The second-order valence-electron chi connectivity index (χ2n) is 3.79. The molecule has 0 bridgehead atoms. The molecule has 1 aromatic carbocycles. The maximum atomic E-state index is 8.75. The van der Waals surface area contributed by atoms with Crippen molar-refractivity contribution < 1.29 is 0 Å². The van der Waals surface area contributed by atoms with Crippen LogP contribution in [0.4, 0.5) is 0 Å². The summed E-state index contributed by atoms with van der Waals surface area (Å²) in [6, 6.07) is 11.5. The molecule has 0 fully saturated rings. The van der Waals surface area contributed by atoms with Crippen molar-refractivity contribution in [2.24, 2.45) is 10.7 Å². The first-order valence-electron chi connectivity index (χ1n) is 5.25. The van der Waals surface area contributed by atoms with Gasteiger partial charge in [0.25, 0.3) is 0 Å². The van der Waals surface area contributed by atoms with Crippen LogP contribution in [0.2, 0.25) is 0 Å². The lowest BCUT2D eigenvalue weighted by Crippen LogP contribution is -2.05. The average molecular weight is 224 g/mol. The first-order chi connectivity index (χ1) is 8.19. The van der Waals surface area contributed by atoms with Crippen molar-refractivity contribution in [3.63, 3.8) is 0 Å². The van der Waals surface area contributed by atoms with Crippen LogP contribution in [0, 0.1) is 11.3 Å². The molecule has 0 amide bonds. The minimum atomic E-state index is 0.432. The number of hydrogen-bond acceptors (Lipinski definition) is 3. The average Bonchev–Trinajstić information content (AvgIpc) is 2.35. The highest BCUT2D eigenvalue weighted by Gasteiger charge is 1.99. The molecule has 17 heavy (non-hydrogen) atoms. The summed E-state index contributed by atoms with van der Waals surface area (Å²) in [5.41, 5.74) is 7.82. The van der Waals surface area contributed by atoms with E-state index in [4.69, 9.17) is 11.0 Å². The summed E-state index contributed by atoms with van der Waals surface area (Å²) in [5, 5.41) is 9.76. The summed E-state index contributed by atoms with van der Waals surface area (Å²) in [6.07, 6.45) is 0. The zero-order chi connectivity index (χ0) is 12.3. The number of nitrogens with two attached hydrogens (primary N) is 1. The highest BCUT2D eigenvalue weighted by Crippen LogP contribution is 2.15. The van der Waals surface area contributed by atoms with Crippen molar-refractivity contribution in [2.75, 3.05) is 0 Å². The van der Waals surface area contributed by atoms with Gasteiger partial charge in [-0.2, -0.15) is 5.26 Å². The van der Waals surface area contributed by atoms with Gasteiger partial charge in [0.2, 0.25) is 0 Å². The molecule has 0 unspecified atom stereocenters. The Morgan fingerprint density at radius 3 is 2.94 bits per heavy atom. The number of aliphatic imine (C=N–C) groups is 1. The lowest BCUT2D eigenvalue weighted by molar-refractivity contribution is 1.06. The number of benzene rings is 1. The Bertz CT molecular complexity index is 619. The Morgan fingerprint density at radius 2 is 2.24 bits per heavy atom. The van der Waals surface area contributed by atoms with Gasteiger partial charge >= 0.3 is 0 Å². The molecule has 2 N–H and O–H groups in total. The number of pyridine rings is 1. The maximum Gasteiger partial charge on any atom is 0.141 e. The van der Waals surface area contributed by atoms with E-state index in [-0.39, 0.29) is 0 Å². The fourth-order valence-electron chi connectivity index (χ4n) is 1.55. The fraction of sp³-hybridized carbons (Fsp3) is 0.154. The zero-order valence-electron chi connectivity index (χ0n) is 9.51. The molecule has 0 aliphatic rings. The predicted octanol–water partition coefficient (Wildman–Crippen LogP) is 1.98. The molecule has 4 nitrogen and oxygen atoms in total. The van der Waals surface area contributed by atoms with Crippen LogP contribution in [0.25, 0.3) is 10.9 Å². The third-order valence-electron chi connectivity index (χ3n) is 2.38. The highest BCUT2D eigenvalue weighted by atomic mass is 14.8. The van der Waals surface area contributed by atoms with Gasteiger partial charge in [0.05, 0.1) is 17.9 Å². The van der Waals surface area contributed by atoms with Crippen LogP contribution in [0.15, 0.2) is 35.3 Å². The van der Waals surface area contributed by atoms with Gasteiger partial charge in [0.1, 0.15) is 11.8 Å². The van der Waals surface area contributed by atoms with Gasteiger partial charge in [0.15, 0.2) is 0 Å². The molecule has 2 aromatic rings. The molecule has 4 heteroatoms. The number of amidine groups is 1. The van der Waals surface area contributed by atoms with Crippen LogP contribution in [-0.2, 0) is 6.54 Å².